The van der Waals surface area contributed by atoms with E-state index in [1.807, 2.05) is 0 Å². The monoisotopic (exact) mass is 516 g/mol. The molecule has 0 amide bonds. The van der Waals surface area contributed by atoms with E-state index in [2.05, 4.69) is 90.9 Å². The van der Waals surface area contributed by atoms with Crippen molar-refractivity contribution in [3.8, 4) is 11.1 Å². The number of aryl methyl sites for hydroxylation is 1. The summed E-state index contributed by atoms with van der Waals surface area (Å²) in [5.41, 5.74) is 17.6. The molecule has 0 N–H and O–H groups in total. The molecule has 31 heavy (non-hydrogen) atoms. The van der Waals surface area contributed by atoms with Crippen LogP contribution in [0.3, 0.4) is 0 Å². The van der Waals surface area contributed by atoms with Gasteiger partial charge in [-0.05, 0) is 0 Å². The zero-order chi connectivity index (χ0) is 22.1. The van der Waals surface area contributed by atoms with Gasteiger partial charge in [-0.1, -0.05) is 0 Å². The topological polar surface area (TPSA) is 0 Å². The molecule has 0 saturated carbocycles. The molecule has 0 aromatic heterocycles. The minimum atomic E-state index is -2.59. The van der Waals surface area contributed by atoms with Crippen LogP contribution in [0.25, 0.3) is 17.2 Å². The zero-order valence-electron chi connectivity index (χ0n) is 19.7. The van der Waals surface area contributed by atoms with Crippen LogP contribution < -0.4 is 0 Å². The Morgan fingerprint density at radius 2 is 1.48 bits per heavy atom. The van der Waals surface area contributed by atoms with Crippen molar-refractivity contribution < 1.29 is 17.5 Å². The van der Waals surface area contributed by atoms with Crippen LogP contribution >= 0.6 is 0 Å². The van der Waals surface area contributed by atoms with E-state index in [1.54, 1.807) is 55.7 Å². The zero-order valence-corrected chi connectivity index (χ0v) is 25.0. The third-order valence-electron chi connectivity index (χ3n) is 8.43. The molecule has 0 heterocycles. The van der Waals surface area contributed by atoms with E-state index in [-0.39, 0.29) is 0 Å². The van der Waals surface area contributed by atoms with E-state index in [4.69, 9.17) is 0 Å². The maximum absolute atomic E-state index is 2.65. The third-order valence-corrected chi connectivity index (χ3v) is 27.8. The summed E-state index contributed by atoms with van der Waals surface area (Å²) in [5, 5.41) is 0. The summed E-state index contributed by atoms with van der Waals surface area (Å²) in [7, 11) is 0. The second kappa shape index (κ2) is 7.78. The van der Waals surface area contributed by atoms with Gasteiger partial charge in [-0.2, -0.15) is 0 Å². The first-order valence-corrected chi connectivity index (χ1v) is 26.4. The van der Waals surface area contributed by atoms with Crippen molar-refractivity contribution in [1.82, 2.24) is 0 Å². The third kappa shape index (κ3) is 3.22. The van der Waals surface area contributed by atoms with Crippen molar-refractivity contribution in [2.45, 2.75) is 61.1 Å². The first-order valence-electron chi connectivity index (χ1n) is 11.7. The summed E-state index contributed by atoms with van der Waals surface area (Å²) in [4.78, 5) is 0. The molecular formula is C28H34Si2Zr-2. The molecule has 2 aromatic carbocycles. The molecule has 0 bridgehead atoms. The maximum atomic E-state index is 2.65. The molecule has 1 atom stereocenters. The van der Waals surface area contributed by atoms with Crippen LogP contribution in [0.15, 0.2) is 64.3 Å². The van der Waals surface area contributed by atoms with Crippen LogP contribution in [0.5, 0.6) is 0 Å². The van der Waals surface area contributed by atoms with Crippen molar-refractivity contribution in [3.63, 3.8) is 0 Å². The van der Waals surface area contributed by atoms with E-state index < -0.39 is 17.5 Å². The predicted molar refractivity (Wildman–Crippen MR) is 138 cm³/mol. The summed E-state index contributed by atoms with van der Waals surface area (Å²) in [6, 6.07) is 13.9. The average Bonchev–Trinajstić information content (AvgIpc) is 3.38. The summed E-state index contributed by atoms with van der Waals surface area (Å²) in [6.07, 6.45) is 6.40. The van der Waals surface area contributed by atoms with E-state index in [9.17, 15) is 0 Å². The Morgan fingerprint density at radius 3 is 2.13 bits per heavy atom. The first-order chi connectivity index (χ1) is 14.7. The van der Waals surface area contributed by atoms with Gasteiger partial charge in [0.2, 0.25) is 0 Å². The number of hydrogen-bond acceptors (Lipinski definition) is 0. The second-order valence-corrected chi connectivity index (χ2v) is 40.6. The number of benzene rings is 2. The van der Waals surface area contributed by atoms with Crippen LogP contribution in [0.2, 0.25) is 3.63 Å². The predicted octanol–water partition coefficient (Wildman–Crippen LogP) is 6.03. The normalized spacial score (nSPS) is 21.1. The summed E-state index contributed by atoms with van der Waals surface area (Å²) < 4.78 is 1.45. The molecule has 0 saturated heterocycles. The van der Waals surface area contributed by atoms with Crippen molar-refractivity contribution in [3.05, 3.63) is 86.5 Å². The van der Waals surface area contributed by atoms with Crippen LogP contribution in [0.1, 0.15) is 66.9 Å². The molecule has 0 nitrogen and oxygen atoms in total. The van der Waals surface area contributed by atoms with Crippen molar-refractivity contribution in [1.29, 1.82) is 0 Å². The van der Waals surface area contributed by atoms with Crippen molar-refractivity contribution in [2.75, 3.05) is 0 Å². The standard InChI is InChI=1S/C19H17.C9H13.2H2Si.Zr/c1-13-10-16-12-15-8-5-9-17(15)19(18(16)11-13)14-6-3-2-4-7-14;1-6-5-7(2)9(4)8(6)3;;;/h2-4,6-7,10-12H,5,8-9H2,1H3;5H,1-4H3;2*1H2;/q;;;;-2. The fourth-order valence-electron chi connectivity index (χ4n) is 6.81. The van der Waals surface area contributed by atoms with E-state index in [0.29, 0.717) is 3.63 Å². The average molecular weight is 518 g/mol. The van der Waals surface area contributed by atoms with Crippen LogP contribution in [-0.2, 0) is 30.3 Å². The van der Waals surface area contributed by atoms with Crippen molar-refractivity contribution in [2.24, 2.45) is 0 Å². The number of rotatable bonds is 3. The van der Waals surface area contributed by atoms with E-state index in [1.165, 1.54) is 24.8 Å². The van der Waals surface area contributed by atoms with E-state index in [0.717, 1.165) is 3.63 Å². The van der Waals surface area contributed by atoms with Crippen LogP contribution in [-0.4, -0.2) is 13.8 Å². The molecule has 5 rings (SSSR count). The molecule has 160 valence electrons. The fraction of sp³-hybridized carbons (Fsp3) is 0.357. The molecule has 3 aliphatic rings. The van der Waals surface area contributed by atoms with Gasteiger partial charge in [-0.25, -0.2) is 0 Å². The summed E-state index contributed by atoms with van der Waals surface area (Å²) >= 11 is -2.59. The molecule has 3 heteroatoms. The minimum absolute atomic E-state index is 0.697. The first kappa shape index (κ1) is 21.8. The van der Waals surface area contributed by atoms with Gasteiger partial charge in [-0.3, -0.25) is 0 Å². The van der Waals surface area contributed by atoms with Crippen LogP contribution in [0.4, 0.5) is 0 Å². The molecule has 0 aliphatic heterocycles. The number of hydrogen-bond donors (Lipinski definition) is 0. The van der Waals surface area contributed by atoms with Crippen molar-refractivity contribution >= 4 is 19.8 Å². The van der Waals surface area contributed by atoms with Gasteiger partial charge in [0.15, 0.2) is 0 Å². The molecule has 0 fully saturated rings. The Kier molecular flexibility index (Phi) is 5.48. The van der Waals surface area contributed by atoms with Gasteiger partial charge in [-0.15, -0.1) is 0 Å². The van der Waals surface area contributed by atoms with Gasteiger partial charge in [0.05, 0.1) is 0 Å². The van der Waals surface area contributed by atoms with E-state index >= 15 is 0 Å². The Bertz CT molecular complexity index is 1280. The summed E-state index contributed by atoms with van der Waals surface area (Å²) in [6.45, 7) is 16.9. The molecule has 2 aromatic rings. The van der Waals surface area contributed by atoms with Gasteiger partial charge in [0.1, 0.15) is 0 Å². The number of fused-ring (bicyclic) bond motifs is 2. The quantitative estimate of drug-likeness (QED) is 0.436. The fourth-order valence-corrected chi connectivity index (χ4v) is 31.1. The molecule has 3 aliphatic carbocycles. The Labute approximate surface area is 195 Å². The van der Waals surface area contributed by atoms with Gasteiger partial charge < -0.3 is 0 Å². The van der Waals surface area contributed by atoms with Gasteiger partial charge in [0, 0.05) is 0 Å². The SMILES string of the molecule is CC1=Cc2c(cc3c(c2-c2ccccc2)CCC3)[CH]1[Zr-2](=[SiH2])(=[SiH2])[CH]1C(C)=C(C)C(C)=C1C. The molecular weight excluding hydrogens is 484 g/mol. The molecule has 0 radical (unpaired) electrons. The molecule has 1 unspecified atom stereocenters. The second-order valence-electron chi connectivity index (χ2n) is 10.2. The molecule has 0 spiro atoms. The van der Waals surface area contributed by atoms with Crippen LogP contribution in [0, 0.1) is 0 Å². The Hall–Kier alpha value is -1.02. The Balaban J connectivity index is 1.73. The van der Waals surface area contributed by atoms with Gasteiger partial charge >= 0.3 is 196 Å². The number of allylic oxidation sites excluding steroid dienone is 5. The Morgan fingerprint density at radius 1 is 0.839 bits per heavy atom. The van der Waals surface area contributed by atoms with Gasteiger partial charge in [0.25, 0.3) is 0 Å². The summed E-state index contributed by atoms with van der Waals surface area (Å²) in [5.74, 6) is 0.